The number of nitrogens with one attached hydrogen (secondary N) is 2. The summed E-state index contributed by atoms with van der Waals surface area (Å²) in [5.41, 5.74) is 8.08. The summed E-state index contributed by atoms with van der Waals surface area (Å²) in [7, 11) is 1.91. The van der Waals surface area contributed by atoms with Crippen LogP contribution in [-0.2, 0) is 4.79 Å². The number of rotatable bonds is 5. The van der Waals surface area contributed by atoms with Gasteiger partial charge in [-0.2, -0.15) is 0 Å². The maximum Gasteiger partial charge on any atom is 0.227 e. The Morgan fingerprint density at radius 1 is 1.00 bits per heavy atom. The number of H-pyrrole nitrogens is 1. The summed E-state index contributed by atoms with van der Waals surface area (Å²) in [6, 6.07) is 9.53. The van der Waals surface area contributed by atoms with E-state index in [9.17, 15) is 4.79 Å². The molecule has 1 aliphatic carbocycles. The average Bonchev–Trinajstić information content (AvgIpc) is 3.70. The van der Waals surface area contributed by atoms with Crippen molar-refractivity contribution in [2.75, 3.05) is 41.9 Å². The molecule has 0 unspecified atom stereocenters. The van der Waals surface area contributed by atoms with Crippen molar-refractivity contribution in [3.8, 4) is 11.1 Å². The normalized spacial score (nSPS) is 17.5. The molecule has 0 spiro atoms. The van der Waals surface area contributed by atoms with Gasteiger partial charge in [0.25, 0.3) is 0 Å². The van der Waals surface area contributed by atoms with Crippen molar-refractivity contribution in [1.29, 1.82) is 0 Å². The highest BCUT2D eigenvalue weighted by Gasteiger charge is 2.27. The SMILES string of the molecule is Cc1ccc(N2CCCCC2)c2[nH]c(C3=NCN(C)c4cc(F)c(-c5cncc(NC(=O)C6CCCC6)c5)cc43)nc12. The number of halogens is 1. The lowest BCUT2D eigenvalue weighted by molar-refractivity contribution is -0.119. The number of amides is 1. The Balaban J connectivity index is 1.27. The first-order chi connectivity index (χ1) is 20.5. The molecule has 4 aromatic rings. The Kier molecular flexibility index (Phi) is 6.88. The van der Waals surface area contributed by atoms with Gasteiger partial charge in [-0.3, -0.25) is 14.8 Å². The number of imidazole rings is 1. The van der Waals surface area contributed by atoms with E-state index >= 15 is 4.39 Å². The van der Waals surface area contributed by atoms with E-state index < -0.39 is 0 Å². The van der Waals surface area contributed by atoms with Crippen LogP contribution in [0.25, 0.3) is 22.2 Å². The predicted octanol–water partition coefficient (Wildman–Crippen LogP) is 6.44. The summed E-state index contributed by atoms with van der Waals surface area (Å²) in [6.45, 7) is 4.56. The molecule has 3 aliphatic rings. The minimum atomic E-state index is -0.351. The van der Waals surface area contributed by atoms with Crippen LogP contribution in [0.5, 0.6) is 0 Å². The van der Waals surface area contributed by atoms with Gasteiger partial charge in [0.05, 0.1) is 34.3 Å². The number of pyridine rings is 1. The number of carbonyl (C=O) groups excluding carboxylic acids is 1. The van der Waals surface area contributed by atoms with E-state index in [0.717, 1.165) is 66.6 Å². The zero-order valence-corrected chi connectivity index (χ0v) is 24.2. The largest absolute Gasteiger partial charge is 0.370 e. The molecule has 2 fully saturated rings. The van der Waals surface area contributed by atoms with Crippen LogP contribution >= 0.6 is 0 Å². The Labute approximate surface area is 245 Å². The van der Waals surface area contributed by atoms with Gasteiger partial charge in [0.15, 0.2) is 5.82 Å². The van der Waals surface area contributed by atoms with Crippen molar-refractivity contribution in [2.45, 2.75) is 51.9 Å². The standard InChI is InChI=1S/C33H36FN7O/c1-20-10-11-27(41-12-6-3-7-13-41)31-29(20)38-32(39-31)30-25-15-24(26(34)16-28(25)40(2)19-36-30)22-14-23(18-35-17-22)37-33(42)21-8-4-5-9-21/h10-11,14-18,21H,3-9,12-13,19H2,1-2H3,(H,37,42)(H,38,39). The summed E-state index contributed by atoms with van der Waals surface area (Å²) in [5.74, 6) is 0.375. The van der Waals surface area contributed by atoms with Crippen LogP contribution in [0, 0.1) is 18.7 Å². The van der Waals surface area contributed by atoms with E-state index in [-0.39, 0.29) is 17.6 Å². The van der Waals surface area contributed by atoms with Gasteiger partial charge in [-0.15, -0.1) is 0 Å². The second-order valence-electron chi connectivity index (χ2n) is 11.9. The molecule has 4 heterocycles. The van der Waals surface area contributed by atoms with Crippen molar-refractivity contribution in [3.63, 3.8) is 0 Å². The number of hydrogen-bond acceptors (Lipinski definition) is 6. The quantitative estimate of drug-likeness (QED) is 0.291. The number of carbonyl (C=O) groups is 1. The first-order valence-corrected chi connectivity index (χ1v) is 15.1. The third-order valence-corrected chi connectivity index (χ3v) is 8.98. The van der Waals surface area contributed by atoms with E-state index in [1.54, 1.807) is 24.5 Å². The van der Waals surface area contributed by atoms with Crippen molar-refractivity contribution in [2.24, 2.45) is 10.9 Å². The number of nitrogens with zero attached hydrogens (tertiary/aromatic N) is 5. The number of piperidine rings is 1. The van der Waals surface area contributed by atoms with Crippen molar-refractivity contribution in [1.82, 2.24) is 15.0 Å². The molecule has 9 heteroatoms. The third kappa shape index (κ3) is 4.80. The summed E-state index contributed by atoms with van der Waals surface area (Å²) in [4.78, 5) is 35.0. The lowest BCUT2D eigenvalue weighted by Gasteiger charge is -2.29. The summed E-state index contributed by atoms with van der Waals surface area (Å²) < 4.78 is 15.7. The molecule has 0 radical (unpaired) electrons. The number of fused-ring (bicyclic) bond motifs is 2. The van der Waals surface area contributed by atoms with Crippen LogP contribution in [0.3, 0.4) is 0 Å². The molecule has 8 nitrogen and oxygen atoms in total. The first kappa shape index (κ1) is 26.6. The highest BCUT2D eigenvalue weighted by Crippen LogP contribution is 2.36. The Morgan fingerprint density at radius 2 is 1.81 bits per heavy atom. The van der Waals surface area contributed by atoms with Gasteiger partial charge >= 0.3 is 0 Å². The Morgan fingerprint density at radius 3 is 2.62 bits per heavy atom. The van der Waals surface area contributed by atoms with Crippen LogP contribution in [0.4, 0.5) is 21.5 Å². The van der Waals surface area contributed by atoms with Gasteiger partial charge in [-0.05, 0) is 68.9 Å². The highest BCUT2D eigenvalue weighted by molar-refractivity contribution is 6.17. The molecule has 2 aliphatic heterocycles. The number of aryl methyl sites for hydroxylation is 1. The van der Waals surface area contributed by atoms with Crippen molar-refractivity contribution >= 4 is 39.7 Å². The van der Waals surface area contributed by atoms with E-state index in [2.05, 4.69) is 39.2 Å². The van der Waals surface area contributed by atoms with Crippen LogP contribution in [0.15, 0.2) is 47.7 Å². The maximum atomic E-state index is 15.7. The first-order valence-electron chi connectivity index (χ1n) is 15.1. The summed E-state index contributed by atoms with van der Waals surface area (Å²) >= 11 is 0. The summed E-state index contributed by atoms with van der Waals surface area (Å²) in [5, 5.41) is 3.00. The average molecular weight is 566 g/mol. The number of benzene rings is 2. The van der Waals surface area contributed by atoms with E-state index in [1.807, 2.05) is 18.0 Å². The van der Waals surface area contributed by atoms with Gasteiger partial charge in [0.1, 0.15) is 18.2 Å². The second-order valence-corrected chi connectivity index (χ2v) is 11.9. The van der Waals surface area contributed by atoms with Crippen molar-refractivity contribution < 1.29 is 9.18 Å². The van der Waals surface area contributed by atoms with E-state index in [0.29, 0.717) is 35.0 Å². The minimum absolute atomic E-state index is 0.0116. The van der Waals surface area contributed by atoms with Gasteiger partial charge in [-0.1, -0.05) is 18.9 Å². The van der Waals surface area contributed by atoms with Crippen molar-refractivity contribution in [3.05, 3.63) is 65.5 Å². The monoisotopic (exact) mass is 565 g/mol. The molecule has 1 saturated carbocycles. The number of anilines is 3. The molecule has 0 atom stereocenters. The van der Waals surface area contributed by atoms with Crippen LogP contribution in [-0.4, -0.2) is 53.4 Å². The molecule has 2 aromatic carbocycles. The summed E-state index contributed by atoms with van der Waals surface area (Å²) in [6.07, 6.45) is 10.9. The van der Waals surface area contributed by atoms with Gasteiger partial charge in [0, 0.05) is 48.9 Å². The molecular formula is C33H36FN7O. The fourth-order valence-corrected chi connectivity index (χ4v) is 6.64. The topological polar surface area (TPSA) is 89.5 Å². The number of aliphatic imine (C=N–C) groups is 1. The fourth-order valence-electron chi connectivity index (χ4n) is 6.64. The van der Waals surface area contributed by atoms with E-state index in [4.69, 9.17) is 9.98 Å². The Hall–Kier alpha value is -4.27. The minimum Gasteiger partial charge on any atom is -0.370 e. The molecule has 42 heavy (non-hydrogen) atoms. The molecule has 0 bridgehead atoms. The molecule has 1 saturated heterocycles. The van der Waals surface area contributed by atoms with Crippen LogP contribution in [0.2, 0.25) is 0 Å². The van der Waals surface area contributed by atoms with Gasteiger partial charge in [0.2, 0.25) is 5.91 Å². The number of aromatic nitrogens is 3. The smallest absolute Gasteiger partial charge is 0.227 e. The molecule has 7 rings (SSSR count). The highest BCUT2D eigenvalue weighted by atomic mass is 19.1. The molecular weight excluding hydrogens is 529 g/mol. The van der Waals surface area contributed by atoms with E-state index in [1.165, 1.54) is 24.9 Å². The van der Waals surface area contributed by atoms with Gasteiger partial charge < -0.3 is 20.1 Å². The predicted molar refractivity (Wildman–Crippen MR) is 166 cm³/mol. The molecule has 2 aromatic heterocycles. The zero-order chi connectivity index (χ0) is 28.8. The zero-order valence-electron chi connectivity index (χ0n) is 24.2. The van der Waals surface area contributed by atoms with Crippen LogP contribution < -0.4 is 15.1 Å². The lowest BCUT2D eigenvalue weighted by atomic mass is 9.97. The fraction of sp³-hybridized carbons (Fsp3) is 0.394. The Bertz CT molecular complexity index is 1700. The lowest BCUT2D eigenvalue weighted by Crippen LogP contribution is -2.29. The van der Waals surface area contributed by atoms with Crippen LogP contribution in [0.1, 0.15) is 61.9 Å². The molecule has 1 amide bonds. The second kappa shape index (κ2) is 10.9. The van der Waals surface area contributed by atoms with Gasteiger partial charge in [-0.25, -0.2) is 9.37 Å². The number of hydrogen-bond donors (Lipinski definition) is 2. The maximum absolute atomic E-state index is 15.7. The molecule has 2 N–H and O–H groups in total. The third-order valence-electron chi connectivity index (χ3n) is 8.98. The number of aromatic amines is 1. The molecule has 216 valence electrons.